The lowest BCUT2D eigenvalue weighted by Crippen LogP contribution is -2.50. The topological polar surface area (TPSA) is 79.0 Å². The zero-order chi connectivity index (χ0) is 20.9. The summed E-state index contributed by atoms with van der Waals surface area (Å²) in [7, 11) is -2.15. The Balaban J connectivity index is 1.68. The summed E-state index contributed by atoms with van der Waals surface area (Å²) >= 11 is 1.59. The third-order valence-corrected chi connectivity index (χ3v) is 7.91. The van der Waals surface area contributed by atoms with Crippen molar-refractivity contribution in [1.29, 1.82) is 0 Å². The van der Waals surface area contributed by atoms with E-state index in [9.17, 15) is 13.2 Å². The number of carbonyl (C=O) groups is 1. The number of methoxy groups -OCH3 is 1. The molecule has 1 aromatic heterocycles. The second-order valence-corrected chi connectivity index (χ2v) is 9.75. The number of nitrogens with one attached hydrogen (secondary N) is 1. The predicted molar refractivity (Wildman–Crippen MR) is 115 cm³/mol. The van der Waals surface area contributed by atoms with Gasteiger partial charge in [0.25, 0.3) is 0 Å². The summed E-state index contributed by atoms with van der Waals surface area (Å²) in [6.45, 7) is 3.21. The summed E-state index contributed by atoms with van der Waals surface area (Å²) in [6.07, 6.45) is 1.35. The van der Waals surface area contributed by atoms with E-state index >= 15 is 0 Å². The minimum Gasteiger partial charge on any atom is -0.497 e. The van der Waals surface area contributed by atoms with Gasteiger partial charge in [-0.3, -0.25) is 9.10 Å². The van der Waals surface area contributed by atoms with Crippen molar-refractivity contribution >= 4 is 33.1 Å². The smallest absolute Gasteiger partial charge is 0.304 e. The highest BCUT2D eigenvalue weighted by molar-refractivity contribution is 7.90. The van der Waals surface area contributed by atoms with E-state index in [2.05, 4.69) is 5.32 Å². The van der Waals surface area contributed by atoms with Gasteiger partial charge in [0.15, 0.2) is 0 Å². The lowest BCUT2D eigenvalue weighted by Gasteiger charge is -2.35. The zero-order valence-corrected chi connectivity index (χ0v) is 18.3. The number of benzene rings is 1. The number of piperidine rings is 1. The van der Waals surface area contributed by atoms with Crippen LogP contribution in [-0.4, -0.2) is 45.4 Å². The molecule has 0 spiro atoms. The Morgan fingerprint density at radius 3 is 2.69 bits per heavy atom. The van der Waals surface area contributed by atoms with Crippen molar-refractivity contribution in [3.63, 3.8) is 0 Å². The van der Waals surface area contributed by atoms with Crippen LogP contribution in [0.4, 0.5) is 5.69 Å². The molecule has 1 aromatic carbocycles. The van der Waals surface area contributed by atoms with Gasteiger partial charge >= 0.3 is 10.2 Å². The Kier molecular flexibility index (Phi) is 7.15. The fraction of sp³-hybridized carbons (Fsp3) is 0.450. The minimum atomic E-state index is -3.72. The van der Waals surface area contributed by atoms with Crippen LogP contribution >= 0.6 is 11.3 Å². The lowest BCUT2D eigenvalue weighted by molar-refractivity contribution is -0.126. The Morgan fingerprint density at radius 1 is 1.31 bits per heavy atom. The molecule has 1 aliphatic rings. The molecule has 1 unspecified atom stereocenters. The van der Waals surface area contributed by atoms with Crippen LogP contribution in [0.2, 0.25) is 0 Å². The highest BCUT2D eigenvalue weighted by atomic mass is 32.2. The van der Waals surface area contributed by atoms with Crippen LogP contribution in [-0.2, 0) is 21.5 Å². The van der Waals surface area contributed by atoms with Crippen LogP contribution < -0.4 is 14.4 Å². The molecule has 0 aliphatic carbocycles. The number of hydrogen-bond donors (Lipinski definition) is 1. The van der Waals surface area contributed by atoms with Crippen molar-refractivity contribution in [2.24, 2.45) is 5.92 Å². The molecule has 1 fully saturated rings. The molecule has 2 aromatic rings. The molecular weight excluding hydrogens is 410 g/mol. The molecule has 29 heavy (non-hydrogen) atoms. The van der Waals surface area contributed by atoms with Crippen LogP contribution in [0.1, 0.15) is 24.6 Å². The molecule has 1 atom stereocenters. The average molecular weight is 438 g/mol. The summed E-state index contributed by atoms with van der Waals surface area (Å²) in [4.78, 5) is 13.7. The van der Waals surface area contributed by atoms with E-state index in [-0.39, 0.29) is 18.4 Å². The summed E-state index contributed by atoms with van der Waals surface area (Å²) in [6, 6.07) is 10.9. The first-order valence-corrected chi connectivity index (χ1v) is 11.9. The van der Waals surface area contributed by atoms with Gasteiger partial charge < -0.3 is 10.1 Å². The number of nitrogens with zero attached hydrogens (tertiary/aromatic N) is 2. The average Bonchev–Trinajstić information content (AvgIpc) is 3.26. The second-order valence-electron chi connectivity index (χ2n) is 6.86. The van der Waals surface area contributed by atoms with Gasteiger partial charge in [-0.05, 0) is 55.5 Å². The van der Waals surface area contributed by atoms with Gasteiger partial charge in [0, 0.05) is 24.5 Å². The first-order valence-electron chi connectivity index (χ1n) is 9.67. The van der Waals surface area contributed by atoms with Gasteiger partial charge in [-0.15, -0.1) is 11.3 Å². The zero-order valence-electron chi connectivity index (χ0n) is 16.7. The van der Waals surface area contributed by atoms with Crippen molar-refractivity contribution in [3.05, 3.63) is 46.7 Å². The molecular formula is C20H27N3O4S2. The van der Waals surface area contributed by atoms with E-state index in [1.165, 1.54) is 8.61 Å². The van der Waals surface area contributed by atoms with Crippen LogP contribution in [0.25, 0.3) is 0 Å². The maximum absolute atomic E-state index is 13.3. The van der Waals surface area contributed by atoms with Crippen LogP contribution in [0.15, 0.2) is 41.8 Å². The molecule has 1 N–H and O–H groups in total. The summed E-state index contributed by atoms with van der Waals surface area (Å²) in [5, 5.41) is 4.90. The number of thiophene rings is 1. The second kappa shape index (κ2) is 9.60. The Morgan fingerprint density at radius 2 is 2.07 bits per heavy atom. The molecule has 1 aliphatic heterocycles. The van der Waals surface area contributed by atoms with Crippen molar-refractivity contribution in [1.82, 2.24) is 9.62 Å². The van der Waals surface area contributed by atoms with E-state index in [0.717, 1.165) is 4.88 Å². The quantitative estimate of drug-likeness (QED) is 0.689. The van der Waals surface area contributed by atoms with E-state index in [1.807, 2.05) is 17.5 Å². The number of carbonyl (C=O) groups excluding carboxylic acids is 1. The fourth-order valence-electron chi connectivity index (χ4n) is 3.46. The van der Waals surface area contributed by atoms with E-state index in [1.54, 1.807) is 49.6 Å². The minimum absolute atomic E-state index is 0.0919. The fourth-order valence-corrected chi connectivity index (χ4v) is 5.83. The molecule has 1 amide bonds. The molecule has 158 valence electrons. The van der Waals surface area contributed by atoms with Gasteiger partial charge in [-0.1, -0.05) is 6.07 Å². The Labute approximate surface area is 176 Å². The summed E-state index contributed by atoms with van der Waals surface area (Å²) < 4.78 is 34.5. The highest BCUT2D eigenvalue weighted by Crippen LogP contribution is 2.27. The van der Waals surface area contributed by atoms with Gasteiger partial charge in [0.1, 0.15) is 5.75 Å². The third-order valence-electron chi connectivity index (χ3n) is 5.02. The van der Waals surface area contributed by atoms with Crippen molar-refractivity contribution < 1.29 is 17.9 Å². The van der Waals surface area contributed by atoms with Gasteiger partial charge in [-0.25, -0.2) is 0 Å². The van der Waals surface area contributed by atoms with Crippen LogP contribution in [0.5, 0.6) is 5.75 Å². The molecule has 9 heteroatoms. The number of anilines is 1. The molecule has 3 rings (SSSR count). The molecule has 1 saturated heterocycles. The standard InChI is InChI=1S/C20H27N3O4S2/c1-3-23(17-8-10-18(27-2)11-9-17)29(25,26)22-12-4-6-16(15-22)20(24)21-14-19-7-5-13-28-19/h5,7-11,13,16H,3-4,6,12,14-15H2,1-2H3,(H,21,24). The van der Waals surface area contributed by atoms with Crippen molar-refractivity contribution in [3.8, 4) is 5.75 Å². The first-order chi connectivity index (χ1) is 14.0. The summed E-state index contributed by atoms with van der Waals surface area (Å²) in [5.74, 6) is 0.238. The number of rotatable bonds is 8. The van der Waals surface area contributed by atoms with E-state index < -0.39 is 10.2 Å². The third kappa shape index (κ3) is 5.09. The van der Waals surface area contributed by atoms with Gasteiger partial charge in [-0.2, -0.15) is 12.7 Å². The predicted octanol–water partition coefficient (Wildman–Crippen LogP) is 2.86. The molecule has 0 bridgehead atoms. The SMILES string of the molecule is CCN(c1ccc(OC)cc1)S(=O)(=O)N1CCCC(C(=O)NCc2cccs2)C1. The van der Waals surface area contributed by atoms with Crippen molar-refractivity contribution in [2.75, 3.05) is 31.0 Å². The maximum Gasteiger partial charge on any atom is 0.304 e. The molecule has 0 radical (unpaired) electrons. The van der Waals surface area contributed by atoms with Gasteiger partial charge in [0.2, 0.25) is 5.91 Å². The normalized spacial score (nSPS) is 17.7. The van der Waals surface area contributed by atoms with E-state index in [0.29, 0.717) is 43.9 Å². The first kappa shape index (κ1) is 21.6. The van der Waals surface area contributed by atoms with Crippen LogP contribution in [0, 0.1) is 5.92 Å². The van der Waals surface area contributed by atoms with Crippen molar-refractivity contribution in [2.45, 2.75) is 26.3 Å². The lowest BCUT2D eigenvalue weighted by atomic mass is 9.99. The number of amides is 1. The number of ether oxygens (including phenoxy) is 1. The maximum atomic E-state index is 13.3. The molecule has 2 heterocycles. The molecule has 7 nitrogen and oxygen atoms in total. The largest absolute Gasteiger partial charge is 0.497 e. The molecule has 0 saturated carbocycles. The number of hydrogen-bond acceptors (Lipinski definition) is 5. The Hall–Kier alpha value is -2.10. The van der Waals surface area contributed by atoms with Gasteiger partial charge in [0.05, 0.1) is 25.3 Å². The van der Waals surface area contributed by atoms with Crippen LogP contribution in [0.3, 0.4) is 0 Å². The van der Waals surface area contributed by atoms with E-state index in [4.69, 9.17) is 4.74 Å². The summed E-state index contributed by atoms with van der Waals surface area (Å²) in [5.41, 5.74) is 0.581. The highest BCUT2D eigenvalue weighted by Gasteiger charge is 2.35. The Bertz CT molecular complexity index is 898. The monoisotopic (exact) mass is 437 g/mol.